The van der Waals surface area contributed by atoms with E-state index in [1.54, 1.807) is 4.90 Å². The van der Waals surface area contributed by atoms with Gasteiger partial charge in [0.1, 0.15) is 10.6 Å². The first kappa shape index (κ1) is 18.3. The highest BCUT2D eigenvalue weighted by molar-refractivity contribution is 7.93. The molecule has 138 valence electrons. The molecule has 3 heterocycles. The highest BCUT2D eigenvalue weighted by Gasteiger charge is 2.58. The molecule has 0 atom stereocenters. The number of ether oxygens (including phenoxy) is 1. The van der Waals surface area contributed by atoms with Crippen LogP contribution in [0.15, 0.2) is 11.4 Å². The summed E-state index contributed by atoms with van der Waals surface area (Å²) in [7, 11) is -2.04. The number of thiophene rings is 1. The van der Waals surface area contributed by atoms with E-state index in [1.807, 2.05) is 18.4 Å². The maximum atomic E-state index is 12.7. The molecule has 9 heteroatoms. The molecule has 25 heavy (non-hydrogen) atoms. The number of carbonyl (C=O) groups is 2. The molecule has 7 nitrogen and oxygen atoms in total. The number of nitrogens with zero attached hydrogens (tertiary/aromatic N) is 2. The molecule has 0 radical (unpaired) electrons. The van der Waals surface area contributed by atoms with Crippen LogP contribution in [0.4, 0.5) is 0 Å². The molecule has 1 aromatic rings. The summed E-state index contributed by atoms with van der Waals surface area (Å²) in [6.45, 7) is 3.09. The summed E-state index contributed by atoms with van der Waals surface area (Å²) in [4.78, 5) is 27.5. The fraction of sp³-hybridized carbons (Fsp3) is 0.625. The molecule has 1 spiro atoms. The van der Waals surface area contributed by atoms with E-state index >= 15 is 0 Å². The van der Waals surface area contributed by atoms with Crippen LogP contribution in [-0.4, -0.2) is 74.0 Å². The van der Waals surface area contributed by atoms with Gasteiger partial charge in [-0.1, -0.05) is 0 Å². The van der Waals surface area contributed by atoms with Crippen molar-refractivity contribution in [2.75, 3.05) is 39.1 Å². The van der Waals surface area contributed by atoms with Gasteiger partial charge >= 0.3 is 0 Å². The van der Waals surface area contributed by atoms with Gasteiger partial charge in [-0.05, 0) is 23.9 Å². The van der Waals surface area contributed by atoms with Gasteiger partial charge in [0.05, 0.1) is 11.5 Å². The van der Waals surface area contributed by atoms with Crippen LogP contribution in [0.2, 0.25) is 0 Å². The van der Waals surface area contributed by atoms with E-state index in [0.29, 0.717) is 24.6 Å². The van der Waals surface area contributed by atoms with Crippen LogP contribution < -0.4 is 0 Å². The van der Waals surface area contributed by atoms with Crippen molar-refractivity contribution >= 4 is 33.0 Å². The van der Waals surface area contributed by atoms with E-state index in [-0.39, 0.29) is 31.2 Å². The van der Waals surface area contributed by atoms with Gasteiger partial charge in [0.2, 0.25) is 5.91 Å². The lowest BCUT2D eigenvalue weighted by Crippen LogP contribution is -2.57. The van der Waals surface area contributed by atoms with Gasteiger partial charge in [-0.2, -0.15) is 0 Å². The zero-order valence-corrected chi connectivity index (χ0v) is 16.0. The topological polar surface area (TPSA) is 84.0 Å². The Morgan fingerprint density at radius 1 is 1.36 bits per heavy atom. The van der Waals surface area contributed by atoms with Crippen LogP contribution in [0.3, 0.4) is 0 Å². The number of amides is 2. The Balaban J connectivity index is 1.79. The molecule has 0 N–H and O–H groups in total. The van der Waals surface area contributed by atoms with Crippen molar-refractivity contribution in [3.05, 3.63) is 21.9 Å². The second-order valence-corrected chi connectivity index (χ2v) is 9.66. The zero-order chi connectivity index (χ0) is 18.2. The molecule has 2 fully saturated rings. The number of methoxy groups -OCH3 is 1. The van der Waals surface area contributed by atoms with Crippen molar-refractivity contribution in [3.8, 4) is 0 Å². The quantitative estimate of drug-likeness (QED) is 0.767. The van der Waals surface area contributed by atoms with Gasteiger partial charge in [-0.15, -0.1) is 11.3 Å². The smallest absolute Gasteiger partial charge is 0.264 e. The minimum absolute atomic E-state index is 0.0625. The van der Waals surface area contributed by atoms with Crippen LogP contribution >= 0.6 is 11.3 Å². The number of hydrogen-bond donors (Lipinski definition) is 0. The third kappa shape index (κ3) is 2.98. The van der Waals surface area contributed by atoms with Crippen molar-refractivity contribution < 1.29 is 22.7 Å². The lowest BCUT2D eigenvalue weighted by atomic mass is 10.0. The minimum atomic E-state index is -3.56. The molecule has 3 rings (SSSR count). The molecule has 0 unspecified atom stereocenters. The number of hydrogen-bond acceptors (Lipinski definition) is 6. The molecular weight excluding hydrogens is 364 g/mol. The Morgan fingerprint density at radius 2 is 2.04 bits per heavy atom. The van der Waals surface area contributed by atoms with Crippen LogP contribution in [0.5, 0.6) is 0 Å². The maximum Gasteiger partial charge on any atom is 0.264 e. The molecule has 0 saturated carbocycles. The first-order valence-corrected chi connectivity index (χ1v) is 10.7. The number of sulfone groups is 1. The van der Waals surface area contributed by atoms with Crippen molar-refractivity contribution in [3.63, 3.8) is 0 Å². The lowest BCUT2D eigenvalue weighted by Gasteiger charge is -2.43. The first-order valence-electron chi connectivity index (χ1n) is 8.17. The summed E-state index contributed by atoms with van der Waals surface area (Å²) in [6.07, 6.45) is 0.502. The van der Waals surface area contributed by atoms with Crippen LogP contribution in [0.25, 0.3) is 0 Å². The Labute approximate surface area is 151 Å². The highest BCUT2D eigenvalue weighted by atomic mass is 32.2. The average Bonchev–Trinajstić information content (AvgIpc) is 3.06. The summed E-state index contributed by atoms with van der Waals surface area (Å²) in [6, 6.07) is 1.90. The van der Waals surface area contributed by atoms with Crippen molar-refractivity contribution in [2.24, 2.45) is 0 Å². The van der Waals surface area contributed by atoms with Gasteiger partial charge in [0.15, 0.2) is 9.84 Å². The van der Waals surface area contributed by atoms with E-state index < -0.39 is 20.5 Å². The van der Waals surface area contributed by atoms with E-state index in [0.717, 1.165) is 5.56 Å². The lowest BCUT2D eigenvalue weighted by molar-refractivity contribution is -0.131. The van der Waals surface area contributed by atoms with Crippen molar-refractivity contribution in [2.45, 2.75) is 24.6 Å². The maximum absolute atomic E-state index is 12.7. The van der Waals surface area contributed by atoms with Gasteiger partial charge < -0.3 is 14.5 Å². The van der Waals surface area contributed by atoms with Crippen LogP contribution in [0, 0.1) is 6.92 Å². The summed E-state index contributed by atoms with van der Waals surface area (Å²) in [5.41, 5.74) is 0.931. The molecule has 0 aliphatic carbocycles. The number of aryl methyl sites for hydroxylation is 1. The van der Waals surface area contributed by atoms with Crippen molar-refractivity contribution in [1.82, 2.24) is 9.80 Å². The summed E-state index contributed by atoms with van der Waals surface area (Å²) in [5.74, 6) is -0.882. The van der Waals surface area contributed by atoms with Crippen LogP contribution in [0.1, 0.15) is 28.1 Å². The van der Waals surface area contributed by atoms with E-state index in [4.69, 9.17) is 4.74 Å². The number of piperidine rings is 1. The monoisotopic (exact) mass is 386 g/mol. The molecule has 0 aromatic carbocycles. The zero-order valence-electron chi connectivity index (χ0n) is 14.4. The Bertz CT molecular complexity index is 778. The van der Waals surface area contributed by atoms with Gasteiger partial charge in [-0.25, -0.2) is 8.42 Å². The first-order chi connectivity index (χ1) is 11.8. The molecule has 1 aromatic heterocycles. The third-order valence-corrected chi connectivity index (χ3v) is 8.51. The van der Waals surface area contributed by atoms with E-state index in [1.165, 1.54) is 23.3 Å². The predicted octanol–water partition coefficient (Wildman–Crippen LogP) is 0.892. The van der Waals surface area contributed by atoms with Crippen LogP contribution in [-0.2, 0) is 19.4 Å². The van der Waals surface area contributed by atoms with E-state index in [2.05, 4.69) is 0 Å². The normalized spacial score (nSPS) is 21.9. The average molecular weight is 386 g/mol. The summed E-state index contributed by atoms with van der Waals surface area (Å²) in [5, 5.41) is 1.88. The molecule has 0 bridgehead atoms. The van der Waals surface area contributed by atoms with E-state index in [9.17, 15) is 18.0 Å². The summed E-state index contributed by atoms with van der Waals surface area (Å²) >= 11 is 1.40. The SMILES string of the molecule is COCCN1C(=O)CS(=O)(=O)C12CCN(C(=O)c1sccc1C)CC2. The number of likely N-dealkylation sites (tertiary alicyclic amines) is 1. The largest absolute Gasteiger partial charge is 0.383 e. The second-order valence-electron chi connectivity index (χ2n) is 6.47. The van der Waals surface area contributed by atoms with Gasteiger partial charge in [-0.3, -0.25) is 9.59 Å². The molecule has 2 saturated heterocycles. The molecule has 2 aliphatic heterocycles. The van der Waals surface area contributed by atoms with Gasteiger partial charge in [0, 0.05) is 39.6 Å². The molecule has 2 amide bonds. The van der Waals surface area contributed by atoms with Crippen molar-refractivity contribution in [1.29, 1.82) is 0 Å². The highest BCUT2D eigenvalue weighted by Crippen LogP contribution is 2.40. The fourth-order valence-electron chi connectivity index (χ4n) is 3.66. The Hall–Kier alpha value is -1.45. The molecular formula is C16H22N2O5S2. The Morgan fingerprint density at radius 3 is 2.60 bits per heavy atom. The third-order valence-electron chi connectivity index (χ3n) is 5.09. The standard InChI is InChI=1S/C16H22N2O5S2/c1-12-3-10-24-14(12)15(20)17-6-4-16(5-7-17)18(8-9-23-2)13(19)11-25(16,21)22/h3,10H,4-9,11H2,1-2H3. The number of rotatable bonds is 4. The molecule has 2 aliphatic rings. The summed E-state index contributed by atoms with van der Waals surface area (Å²) < 4.78 is 30.4. The Kier molecular flexibility index (Phi) is 4.91. The predicted molar refractivity (Wildman–Crippen MR) is 94.3 cm³/mol. The fourth-order valence-corrected chi connectivity index (χ4v) is 6.63. The van der Waals surface area contributed by atoms with Gasteiger partial charge in [0.25, 0.3) is 5.91 Å². The number of carbonyl (C=O) groups excluding carboxylic acids is 2. The minimum Gasteiger partial charge on any atom is -0.383 e. The second kappa shape index (κ2) is 6.69.